The van der Waals surface area contributed by atoms with Gasteiger partial charge in [0.25, 0.3) is 17.7 Å². The van der Waals surface area contributed by atoms with E-state index in [4.69, 9.17) is 37.4 Å². The number of halogens is 2. The van der Waals surface area contributed by atoms with Crippen molar-refractivity contribution in [3.63, 3.8) is 0 Å². The summed E-state index contributed by atoms with van der Waals surface area (Å²) in [5.41, 5.74) is 3.38. The molecule has 1 saturated heterocycles. The van der Waals surface area contributed by atoms with Crippen LogP contribution in [0.15, 0.2) is 41.5 Å². The Hall–Kier alpha value is -3.34. The predicted molar refractivity (Wildman–Crippen MR) is 149 cm³/mol. The smallest absolute Gasteiger partial charge is 0.262 e. The van der Waals surface area contributed by atoms with Gasteiger partial charge in [-0.3, -0.25) is 14.4 Å². The SMILES string of the molecule is CCOc1cc(C=NNC(=O)C(NC(=O)c2ccc(Cl)c(Cl)c2)C(C)C)ccc1OCC(=O)N1CCOCC1. The Morgan fingerprint density at radius 3 is 2.46 bits per heavy atom. The van der Waals surface area contributed by atoms with Crippen LogP contribution in [0.3, 0.4) is 0 Å². The fraction of sp³-hybridized carbons (Fsp3) is 0.407. The molecule has 0 radical (unpaired) electrons. The van der Waals surface area contributed by atoms with Crippen LogP contribution < -0.4 is 20.2 Å². The molecule has 1 aliphatic heterocycles. The molecular weight excluding hydrogens is 547 g/mol. The van der Waals surface area contributed by atoms with Crippen molar-refractivity contribution in [2.75, 3.05) is 39.5 Å². The fourth-order valence-electron chi connectivity index (χ4n) is 3.67. The first-order valence-corrected chi connectivity index (χ1v) is 13.3. The van der Waals surface area contributed by atoms with Crippen molar-refractivity contribution in [3.05, 3.63) is 57.6 Å². The summed E-state index contributed by atoms with van der Waals surface area (Å²) < 4.78 is 16.7. The van der Waals surface area contributed by atoms with Gasteiger partial charge in [0.2, 0.25) is 0 Å². The van der Waals surface area contributed by atoms with Crippen LogP contribution in [-0.4, -0.2) is 74.4 Å². The highest BCUT2D eigenvalue weighted by Crippen LogP contribution is 2.28. The molecule has 0 aromatic heterocycles. The Bertz CT molecular complexity index is 1200. The van der Waals surface area contributed by atoms with E-state index >= 15 is 0 Å². The molecule has 210 valence electrons. The molecule has 0 aliphatic carbocycles. The van der Waals surface area contributed by atoms with E-state index in [-0.39, 0.29) is 29.0 Å². The van der Waals surface area contributed by atoms with Crippen molar-refractivity contribution in [1.82, 2.24) is 15.6 Å². The lowest BCUT2D eigenvalue weighted by Crippen LogP contribution is -2.48. The quantitative estimate of drug-likeness (QED) is 0.311. The molecule has 0 saturated carbocycles. The summed E-state index contributed by atoms with van der Waals surface area (Å²) in [4.78, 5) is 39.5. The molecule has 1 heterocycles. The van der Waals surface area contributed by atoms with E-state index < -0.39 is 17.9 Å². The second-order valence-corrected chi connectivity index (χ2v) is 9.79. The first-order valence-electron chi connectivity index (χ1n) is 12.5. The number of hydrogen-bond donors (Lipinski definition) is 2. The van der Waals surface area contributed by atoms with Crippen LogP contribution in [0.1, 0.15) is 36.7 Å². The van der Waals surface area contributed by atoms with Crippen molar-refractivity contribution < 1.29 is 28.6 Å². The normalized spacial score (nSPS) is 14.3. The van der Waals surface area contributed by atoms with Gasteiger partial charge in [-0.05, 0) is 54.8 Å². The Morgan fingerprint density at radius 1 is 1.05 bits per heavy atom. The van der Waals surface area contributed by atoms with E-state index in [1.54, 1.807) is 36.9 Å². The van der Waals surface area contributed by atoms with Crippen LogP contribution in [0.2, 0.25) is 10.0 Å². The van der Waals surface area contributed by atoms with Crippen LogP contribution in [0.25, 0.3) is 0 Å². The summed E-state index contributed by atoms with van der Waals surface area (Å²) in [6.07, 6.45) is 1.45. The van der Waals surface area contributed by atoms with Crippen LogP contribution in [0, 0.1) is 5.92 Å². The maximum atomic E-state index is 12.8. The third-order valence-corrected chi connectivity index (χ3v) is 6.53. The van der Waals surface area contributed by atoms with Gasteiger partial charge in [0.05, 0.1) is 36.1 Å². The lowest BCUT2D eigenvalue weighted by atomic mass is 10.0. The minimum absolute atomic E-state index is 0.117. The molecule has 1 aliphatic rings. The Balaban J connectivity index is 1.60. The van der Waals surface area contributed by atoms with Gasteiger partial charge in [0, 0.05) is 18.7 Å². The number of nitrogens with zero attached hydrogens (tertiary/aromatic N) is 2. The van der Waals surface area contributed by atoms with Gasteiger partial charge in [0.15, 0.2) is 18.1 Å². The summed E-state index contributed by atoms with van der Waals surface area (Å²) in [5, 5.41) is 7.31. The molecule has 2 aromatic rings. The minimum atomic E-state index is -0.845. The Morgan fingerprint density at radius 2 is 1.79 bits per heavy atom. The molecule has 39 heavy (non-hydrogen) atoms. The van der Waals surface area contributed by atoms with Crippen molar-refractivity contribution >= 4 is 47.1 Å². The predicted octanol–water partition coefficient (Wildman–Crippen LogP) is 3.53. The molecule has 0 bridgehead atoms. The van der Waals surface area contributed by atoms with E-state index in [1.165, 1.54) is 24.4 Å². The van der Waals surface area contributed by atoms with E-state index in [2.05, 4.69) is 15.8 Å². The van der Waals surface area contributed by atoms with Crippen LogP contribution >= 0.6 is 23.2 Å². The number of hydrogen-bond acceptors (Lipinski definition) is 7. The molecule has 2 aromatic carbocycles. The number of hydrazone groups is 1. The Kier molecular flexibility index (Phi) is 11.4. The third kappa shape index (κ3) is 8.84. The molecule has 0 spiro atoms. The number of benzene rings is 2. The fourth-order valence-corrected chi connectivity index (χ4v) is 3.97. The summed E-state index contributed by atoms with van der Waals surface area (Å²) in [7, 11) is 0. The van der Waals surface area contributed by atoms with Gasteiger partial charge in [0.1, 0.15) is 6.04 Å². The monoisotopic (exact) mass is 578 g/mol. The number of rotatable bonds is 11. The molecule has 3 rings (SSSR count). The molecular formula is C27H32Cl2N4O6. The number of carbonyl (C=O) groups excluding carboxylic acids is 3. The third-order valence-electron chi connectivity index (χ3n) is 5.79. The highest BCUT2D eigenvalue weighted by molar-refractivity contribution is 6.42. The van der Waals surface area contributed by atoms with E-state index in [0.717, 1.165) is 0 Å². The second kappa shape index (κ2) is 14.7. The van der Waals surface area contributed by atoms with Gasteiger partial charge in [-0.15, -0.1) is 0 Å². The van der Waals surface area contributed by atoms with Crippen molar-refractivity contribution in [3.8, 4) is 11.5 Å². The van der Waals surface area contributed by atoms with Crippen molar-refractivity contribution in [1.29, 1.82) is 0 Å². The average Bonchev–Trinajstić information content (AvgIpc) is 2.92. The largest absolute Gasteiger partial charge is 0.490 e. The van der Waals surface area contributed by atoms with E-state index in [0.29, 0.717) is 55.0 Å². The number of ether oxygens (including phenoxy) is 3. The van der Waals surface area contributed by atoms with E-state index in [9.17, 15) is 14.4 Å². The van der Waals surface area contributed by atoms with Crippen LogP contribution in [0.5, 0.6) is 11.5 Å². The average molecular weight is 579 g/mol. The summed E-state index contributed by atoms with van der Waals surface area (Å²) in [6.45, 7) is 7.83. The summed E-state index contributed by atoms with van der Waals surface area (Å²) >= 11 is 11.9. The first kappa shape index (κ1) is 30.2. The molecule has 12 heteroatoms. The minimum Gasteiger partial charge on any atom is -0.490 e. The van der Waals surface area contributed by atoms with Crippen LogP contribution in [-0.2, 0) is 14.3 Å². The van der Waals surface area contributed by atoms with Crippen molar-refractivity contribution in [2.24, 2.45) is 11.0 Å². The highest BCUT2D eigenvalue weighted by atomic mass is 35.5. The molecule has 10 nitrogen and oxygen atoms in total. The van der Waals surface area contributed by atoms with Gasteiger partial charge in [-0.2, -0.15) is 5.10 Å². The summed E-state index contributed by atoms with van der Waals surface area (Å²) in [5.74, 6) is -0.425. The van der Waals surface area contributed by atoms with Gasteiger partial charge in [-0.1, -0.05) is 37.0 Å². The zero-order valence-corrected chi connectivity index (χ0v) is 23.6. The molecule has 1 fully saturated rings. The second-order valence-electron chi connectivity index (χ2n) is 8.98. The molecule has 1 unspecified atom stereocenters. The molecule has 1 atom stereocenters. The van der Waals surface area contributed by atoms with Gasteiger partial charge >= 0.3 is 0 Å². The lowest BCUT2D eigenvalue weighted by Gasteiger charge is -2.26. The van der Waals surface area contributed by atoms with Crippen molar-refractivity contribution in [2.45, 2.75) is 26.8 Å². The topological polar surface area (TPSA) is 119 Å². The lowest BCUT2D eigenvalue weighted by molar-refractivity contribution is -0.137. The van der Waals surface area contributed by atoms with Crippen LogP contribution in [0.4, 0.5) is 0 Å². The summed E-state index contributed by atoms with van der Waals surface area (Å²) in [6, 6.07) is 8.73. The zero-order valence-electron chi connectivity index (χ0n) is 22.0. The maximum Gasteiger partial charge on any atom is 0.262 e. The number of morpholine rings is 1. The van der Waals surface area contributed by atoms with Gasteiger partial charge < -0.3 is 24.4 Å². The number of carbonyl (C=O) groups is 3. The highest BCUT2D eigenvalue weighted by Gasteiger charge is 2.25. The van der Waals surface area contributed by atoms with E-state index in [1.807, 2.05) is 6.92 Å². The number of amides is 3. The Labute approximate surface area is 237 Å². The zero-order chi connectivity index (χ0) is 28.4. The number of nitrogens with one attached hydrogen (secondary N) is 2. The van der Waals surface area contributed by atoms with Gasteiger partial charge in [-0.25, -0.2) is 5.43 Å². The molecule has 2 N–H and O–H groups in total. The molecule has 3 amide bonds. The maximum absolute atomic E-state index is 12.8. The standard InChI is InChI=1S/C27H32Cl2N4O6/c1-4-38-23-13-18(5-8-22(23)39-16-24(34)33-9-11-37-12-10-33)15-30-32-27(36)25(17(2)3)31-26(35)19-6-7-20(28)21(29)14-19/h5-8,13-15,17,25H,4,9-12,16H2,1-3H3,(H,31,35)(H,32,36). The first-order chi connectivity index (χ1) is 18.7.